The Labute approximate surface area is 126 Å². The number of ketones is 2. The molecule has 0 bridgehead atoms. The average molecular weight is 317 g/mol. The van der Waals surface area contributed by atoms with Crippen molar-refractivity contribution in [2.45, 2.75) is 19.8 Å². The fourth-order valence-corrected chi connectivity index (χ4v) is 1.63. The van der Waals surface area contributed by atoms with Crippen LogP contribution in [0.4, 0.5) is 10.5 Å². The van der Waals surface area contributed by atoms with Gasteiger partial charge in [0.05, 0.1) is 16.6 Å². The molecule has 0 saturated carbocycles. The van der Waals surface area contributed by atoms with E-state index in [1.165, 1.54) is 13.0 Å². The minimum atomic E-state index is -0.528. The van der Waals surface area contributed by atoms with Crippen molar-refractivity contribution in [2.75, 3.05) is 11.9 Å². The molecule has 1 aromatic carbocycles. The topological polar surface area (TPSA) is 75.3 Å². The van der Waals surface area contributed by atoms with Crippen molar-refractivity contribution in [3.05, 3.63) is 28.2 Å². The van der Waals surface area contributed by atoms with Gasteiger partial charge < -0.3 is 15.4 Å². The van der Waals surface area contributed by atoms with Gasteiger partial charge in [0.25, 0.3) is 0 Å². The molecule has 0 unspecified atom stereocenters. The largest absolute Gasteiger partial charge is 0.331 e. The van der Waals surface area contributed by atoms with Gasteiger partial charge in [-0.1, -0.05) is 23.2 Å². The number of benzene rings is 1. The zero-order valence-corrected chi connectivity index (χ0v) is 12.3. The number of hydrogen-bond donors (Lipinski definition) is 2. The zero-order valence-electron chi connectivity index (χ0n) is 10.8. The van der Waals surface area contributed by atoms with Crippen LogP contribution in [0.25, 0.3) is 0 Å². The van der Waals surface area contributed by atoms with Gasteiger partial charge in [-0.2, -0.15) is 0 Å². The van der Waals surface area contributed by atoms with Crippen LogP contribution in [0.2, 0.25) is 10.0 Å². The molecule has 7 heteroatoms. The van der Waals surface area contributed by atoms with Crippen LogP contribution in [0.1, 0.15) is 19.8 Å². The van der Waals surface area contributed by atoms with Crippen molar-refractivity contribution in [1.29, 1.82) is 0 Å². The lowest BCUT2D eigenvalue weighted by Gasteiger charge is -2.07. The number of urea groups is 1. The van der Waals surface area contributed by atoms with Crippen LogP contribution >= 0.6 is 23.2 Å². The number of amides is 2. The predicted molar refractivity (Wildman–Crippen MR) is 78.4 cm³/mol. The first kappa shape index (κ1) is 16.5. The number of carbonyl (C=O) groups excluding carboxylic acids is 3. The Morgan fingerprint density at radius 1 is 1.10 bits per heavy atom. The van der Waals surface area contributed by atoms with E-state index in [0.29, 0.717) is 15.7 Å². The molecule has 20 heavy (non-hydrogen) atoms. The first-order chi connectivity index (χ1) is 9.38. The third-order valence-corrected chi connectivity index (χ3v) is 3.12. The van der Waals surface area contributed by atoms with E-state index in [0.717, 1.165) is 0 Å². The summed E-state index contributed by atoms with van der Waals surface area (Å²) in [6.45, 7) is 1.29. The molecule has 0 radical (unpaired) electrons. The zero-order chi connectivity index (χ0) is 15.1. The molecule has 5 nitrogen and oxygen atoms in total. The van der Waals surface area contributed by atoms with Crippen molar-refractivity contribution in [3.63, 3.8) is 0 Å². The molecule has 0 saturated heterocycles. The molecular formula is C13H14Cl2N2O3. The maximum Gasteiger partial charge on any atom is 0.319 e. The Kier molecular flexibility index (Phi) is 6.48. The van der Waals surface area contributed by atoms with E-state index >= 15 is 0 Å². The second-order valence-corrected chi connectivity index (χ2v) is 4.99. The molecular weight excluding hydrogens is 303 g/mol. The summed E-state index contributed by atoms with van der Waals surface area (Å²) in [6.07, 6.45) is 0.317. The lowest BCUT2D eigenvalue weighted by atomic mass is 10.2. The highest BCUT2D eigenvalue weighted by Crippen LogP contribution is 2.24. The summed E-state index contributed by atoms with van der Waals surface area (Å²) in [6, 6.07) is 4.11. The number of carbonyl (C=O) groups is 3. The fraction of sp³-hybridized carbons (Fsp3) is 0.308. The summed E-state index contributed by atoms with van der Waals surface area (Å²) in [5.41, 5.74) is 0.466. The van der Waals surface area contributed by atoms with Crippen LogP contribution in [0.5, 0.6) is 0 Å². The van der Waals surface area contributed by atoms with E-state index in [4.69, 9.17) is 23.2 Å². The summed E-state index contributed by atoms with van der Waals surface area (Å²) in [7, 11) is 0. The minimum absolute atomic E-state index is 0.0568. The molecule has 0 aromatic heterocycles. The second kappa shape index (κ2) is 7.87. The minimum Gasteiger partial charge on any atom is -0.331 e. The van der Waals surface area contributed by atoms with Crippen molar-refractivity contribution < 1.29 is 14.4 Å². The van der Waals surface area contributed by atoms with E-state index in [2.05, 4.69) is 10.6 Å². The second-order valence-electron chi connectivity index (χ2n) is 4.18. The van der Waals surface area contributed by atoms with Gasteiger partial charge in [0.15, 0.2) is 5.78 Å². The number of rotatable bonds is 6. The van der Waals surface area contributed by atoms with Gasteiger partial charge in [0, 0.05) is 18.5 Å². The molecule has 2 N–H and O–H groups in total. The summed E-state index contributed by atoms with van der Waals surface area (Å²) in [4.78, 5) is 33.6. The lowest BCUT2D eigenvalue weighted by molar-refractivity contribution is -0.122. The number of hydrogen-bond acceptors (Lipinski definition) is 3. The van der Waals surface area contributed by atoms with Crippen LogP contribution in [-0.2, 0) is 9.59 Å². The van der Waals surface area contributed by atoms with Crippen molar-refractivity contribution in [2.24, 2.45) is 0 Å². The van der Waals surface area contributed by atoms with Gasteiger partial charge in [-0.05, 0) is 25.1 Å². The monoisotopic (exact) mass is 316 g/mol. The molecule has 108 valence electrons. The van der Waals surface area contributed by atoms with Gasteiger partial charge in [-0.25, -0.2) is 4.79 Å². The summed E-state index contributed by atoms with van der Waals surface area (Å²) >= 11 is 11.6. The van der Waals surface area contributed by atoms with E-state index in [9.17, 15) is 14.4 Å². The van der Waals surface area contributed by atoms with Crippen LogP contribution in [0.3, 0.4) is 0 Å². The van der Waals surface area contributed by atoms with Crippen LogP contribution < -0.4 is 10.6 Å². The summed E-state index contributed by atoms with van der Waals surface area (Å²) in [5.74, 6) is -0.261. The van der Waals surface area contributed by atoms with Gasteiger partial charge in [-0.3, -0.25) is 4.79 Å². The molecule has 1 aromatic rings. The van der Waals surface area contributed by atoms with Gasteiger partial charge in [0.2, 0.25) is 0 Å². The van der Waals surface area contributed by atoms with Gasteiger partial charge in [0.1, 0.15) is 5.78 Å². The molecule has 0 atom stereocenters. The highest BCUT2D eigenvalue weighted by atomic mass is 35.5. The molecule has 2 amide bonds. The lowest BCUT2D eigenvalue weighted by Crippen LogP contribution is -2.33. The third-order valence-electron chi connectivity index (χ3n) is 2.38. The predicted octanol–water partition coefficient (Wildman–Crippen LogP) is 3.05. The van der Waals surface area contributed by atoms with Crippen molar-refractivity contribution in [1.82, 2.24) is 5.32 Å². The van der Waals surface area contributed by atoms with Gasteiger partial charge in [-0.15, -0.1) is 0 Å². The Hall–Kier alpha value is -1.59. The Morgan fingerprint density at radius 3 is 2.40 bits per heavy atom. The van der Waals surface area contributed by atoms with Gasteiger partial charge >= 0.3 is 6.03 Å². The number of Topliss-reactive ketones (excluding diaryl/α,β-unsaturated/α-hetero) is 2. The van der Waals surface area contributed by atoms with E-state index in [1.807, 2.05) is 0 Å². The van der Waals surface area contributed by atoms with Crippen molar-refractivity contribution in [3.8, 4) is 0 Å². The highest BCUT2D eigenvalue weighted by molar-refractivity contribution is 6.42. The molecule has 0 fully saturated rings. The van der Waals surface area contributed by atoms with E-state index in [1.54, 1.807) is 12.1 Å². The smallest absolute Gasteiger partial charge is 0.319 e. The Bertz CT molecular complexity index is 532. The van der Waals surface area contributed by atoms with Crippen LogP contribution in [-0.4, -0.2) is 24.1 Å². The first-order valence-corrected chi connectivity index (χ1v) is 6.65. The third kappa shape index (κ3) is 6.04. The van der Waals surface area contributed by atoms with E-state index in [-0.39, 0.29) is 31.0 Å². The molecule has 0 aliphatic carbocycles. The quantitative estimate of drug-likeness (QED) is 0.847. The standard InChI is InChI=1S/C13H14Cl2N2O3/c1-8(18)2-4-10(19)7-16-13(20)17-9-3-5-11(14)12(15)6-9/h3,5-6H,2,4,7H2,1H3,(H2,16,17,20). The summed E-state index contributed by atoms with van der Waals surface area (Å²) < 4.78 is 0. The fourth-order valence-electron chi connectivity index (χ4n) is 1.33. The maximum absolute atomic E-state index is 11.5. The maximum atomic E-state index is 11.5. The summed E-state index contributed by atoms with van der Waals surface area (Å²) in [5, 5.41) is 5.63. The molecule has 0 aliphatic rings. The number of nitrogens with one attached hydrogen (secondary N) is 2. The molecule has 0 spiro atoms. The molecule has 0 aliphatic heterocycles. The number of anilines is 1. The molecule has 0 heterocycles. The molecule has 1 rings (SSSR count). The van der Waals surface area contributed by atoms with Crippen LogP contribution in [0, 0.1) is 0 Å². The normalized spacial score (nSPS) is 9.95. The Morgan fingerprint density at radius 2 is 1.80 bits per heavy atom. The van der Waals surface area contributed by atoms with E-state index < -0.39 is 6.03 Å². The van der Waals surface area contributed by atoms with Crippen molar-refractivity contribution >= 4 is 46.5 Å². The SMILES string of the molecule is CC(=O)CCC(=O)CNC(=O)Nc1ccc(Cl)c(Cl)c1. The highest BCUT2D eigenvalue weighted by Gasteiger charge is 2.07. The average Bonchev–Trinajstić information content (AvgIpc) is 2.38. The number of halogens is 2. The van der Waals surface area contributed by atoms with Crippen LogP contribution in [0.15, 0.2) is 18.2 Å². The first-order valence-electron chi connectivity index (χ1n) is 5.89. The Balaban J connectivity index is 2.38.